The van der Waals surface area contributed by atoms with E-state index in [2.05, 4.69) is 50.4 Å². The molecule has 0 amide bonds. The monoisotopic (exact) mass is 381 g/mol. The first-order valence-electron chi connectivity index (χ1n) is 9.53. The Kier molecular flexibility index (Phi) is 4.65. The summed E-state index contributed by atoms with van der Waals surface area (Å²) in [7, 11) is 0. The van der Waals surface area contributed by atoms with Crippen LogP contribution in [0.1, 0.15) is 0 Å². The molecule has 0 unspecified atom stereocenters. The molecule has 27 heavy (non-hydrogen) atoms. The fraction of sp³-hybridized carbons (Fsp3) is 0.400. The number of ether oxygens (including phenoxy) is 1. The number of fused-ring (bicyclic) bond motifs is 1. The molecule has 2 aliphatic heterocycles. The lowest BCUT2D eigenvalue weighted by molar-refractivity contribution is 0.122. The molecule has 0 atom stereocenters. The molecule has 1 N–H and O–H groups in total. The van der Waals surface area contributed by atoms with Gasteiger partial charge in [0.15, 0.2) is 5.13 Å². The molecule has 7 heteroatoms. The van der Waals surface area contributed by atoms with Gasteiger partial charge in [0.2, 0.25) is 0 Å². The van der Waals surface area contributed by atoms with E-state index in [0.29, 0.717) is 0 Å². The van der Waals surface area contributed by atoms with Crippen molar-refractivity contribution in [2.24, 2.45) is 0 Å². The molecule has 3 aromatic rings. The van der Waals surface area contributed by atoms with E-state index >= 15 is 0 Å². The summed E-state index contributed by atoms with van der Waals surface area (Å²) in [6.07, 6.45) is 1.97. The number of thiazole rings is 1. The number of morpholine rings is 1. The number of benzene rings is 1. The van der Waals surface area contributed by atoms with Crippen LogP contribution < -0.4 is 15.1 Å². The van der Waals surface area contributed by atoms with Crippen molar-refractivity contribution < 1.29 is 4.74 Å². The van der Waals surface area contributed by atoms with E-state index in [0.717, 1.165) is 74.0 Å². The lowest BCUT2D eigenvalue weighted by Gasteiger charge is -2.29. The molecule has 2 aliphatic rings. The van der Waals surface area contributed by atoms with Gasteiger partial charge in [0, 0.05) is 50.9 Å². The Labute approximate surface area is 162 Å². The molecule has 0 saturated carbocycles. The van der Waals surface area contributed by atoms with Crippen LogP contribution in [0.15, 0.2) is 36.5 Å². The highest BCUT2D eigenvalue weighted by Gasteiger charge is 2.19. The number of pyridine rings is 1. The van der Waals surface area contributed by atoms with Crippen LogP contribution in [0.25, 0.3) is 21.3 Å². The fourth-order valence-corrected chi connectivity index (χ4v) is 4.64. The summed E-state index contributed by atoms with van der Waals surface area (Å²) in [6.45, 7) is 7.34. The third kappa shape index (κ3) is 3.38. The lowest BCUT2D eigenvalue weighted by Crippen LogP contribution is -2.44. The minimum absolute atomic E-state index is 0.774. The summed E-state index contributed by atoms with van der Waals surface area (Å²) in [6, 6.07) is 10.7. The van der Waals surface area contributed by atoms with Gasteiger partial charge in [0.1, 0.15) is 5.82 Å². The molecule has 0 radical (unpaired) electrons. The Morgan fingerprint density at radius 1 is 1.00 bits per heavy atom. The van der Waals surface area contributed by atoms with E-state index in [-0.39, 0.29) is 0 Å². The highest BCUT2D eigenvalue weighted by molar-refractivity contribution is 7.18. The Morgan fingerprint density at radius 3 is 2.67 bits per heavy atom. The summed E-state index contributed by atoms with van der Waals surface area (Å²) in [5, 5.41) is 6.94. The number of piperazine rings is 1. The highest BCUT2D eigenvalue weighted by atomic mass is 32.1. The van der Waals surface area contributed by atoms with Crippen LogP contribution in [0.5, 0.6) is 0 Å². The molecule has 0 bridgehead atoms. The van der Waals surface area contributed by atoms with Crippen LogP contribution in [0.3, 0.4) is 0 Å². The van der Waals surface area contributed by atoms with Crippen molar-refractivity contribution in [3.05, 3.63) is 36.5 Å². The molecule has 4 heterocycles. The highest BCUT2D eigenvalue weighted by Crippen LogP contribution is 2.35. The van der Waals surface area contributed by atoms with Crippen LogP contribution in [0.4, 0.5) is 10.9 Å². The third-order valence-corrected chi connectivity index (χ3v) is 6.24. The van der Waals surface area contributed by atoms with Gasteiger partial charge < -0.3 is 19.9 Å². The third-order valence-electron chi connectivity index (χ3n) is 5.16. The van der Waals surface area contributed by atoms with E-state index in [1.54, 1.807) is 11.3 Å². The number of hydrogen-bond acceptors (Lipinski definition) is 7. The molecular formula is C20H23N5OS. The summed E-state index contributed by atoms with van der Waals surface area (Å²) in [4.78, 5) is 15.6. The standard InChI is InChI=1S/C20H23N5OS/c1-2-4-16-15(3-1)13-17(23-19(16)24-7-5-21-6-8-24)18-14-22-20(27-18)25-9-11-26-12-10-25/h1-4,13-14,21H,5-12H2. The maximum absolute atomic E-state index is 5.46. The maximum atomic E-state index is 5.46. The van der Waals surface area contributed by atoms with Crippen LogP contribution in [-0.4, -0.2) is 62.5 Å². The van der Waals surface area contributed by atoms with Crippen LogP contribution in [-0.2, 0) is 4.74 Å². The van der Waals surface area contributed by atoms with Crippen molar-refractivity contribution in [3.8, 4) is 10.6 Å². The fourth-order valence-electron chi connectivity index (χ4n) is 3.71. The minimum atomic E-state index is 0.774. The van der Waals surface area contributed by atoms with E-state index in [9.17, 15) is 0 Å². The van der Waals surface area contributed by atoms with Gasteiger partial charge in [-0.3, -0.25) is 0 Å². The number of nitrogens with zero attached hydrogens (tertiary/aromatic N) is 4. The summed E-state index contributed by atoms with van der Waals surface area (Å²) in [5.74, 6) is 1.09. The predicted octanol–water partition coefficient (Wildman–Crippen LogP) is 2.60. The summed E-state index contributed by atoms with van der Waals surface area (Å²) >= 11 is 1.72. The van der Waals surface area contributed by atoms with Crippen molar-refractivity contribution in [3.63, 3.8) is 0 Å². The van der Waals surface area contributed by atoms with Crippen molar-refractivity contribution in [1.29, 1.82) is 0 Å². The van der Waals surface area contributed by atoms with Crippen molar-refractivity contribution in [2.45, 2.75) is 0 Å². The van der Waals surface area contributed by atoms with Gasteiger partial charge in [-0.25, -0.2) is 9.97 Å². The molecule has 2 saturated heterocycles. The number of nitrogens with one attached hydrogen (secondary N) is 1. The van der Waals surface area contributed by atoms with Crippen molar-refractivity contribution in [1.82, 2.24) is 15.3 Å². The second-order valence-corrected chi connectivity index (χ2v) is 7.90. The van der Waals surface area contributed by atoms with Crippen LogP contribution >= 0.6 is 11.3 Å². The molecule has 5 rings (SSSR count). The first kappa shape index (κ1) is 16.9. The Hall–Kier alpha value is -2.22. The predicted molar refractivity (Wildman–Crippen MR) is 111 cm³/mol. The second-order valence-electron chi connectivity index (χ2n) is 6.90. The first-order valence-corrected chi connectivity index (χ1v) is 10.3. The zero-order valence-corrected chi connectivity index (χ0v) is 16.0. The number of rotatable bonds is 3. The SMILES string of the molecule is c1ccc2c(N3CCNCC3)nc(-c3cnc(N4CCOCC4)s3)cc2c1. The number of hydrogen-bond donors (Lipinski definition) is 1. The Bertz CT molecular complexity index is 931. The van der Waals surface area contributed by atoms with Crippen molar-refractivity contribution >= 4 is 33.1 Å². The summed E-state index contributed by atoms with van der Waals surface area (Å²) in [5.41, 5.74) is 1.01. The van der Waals surface area contributed by atoms with Gasteiger partial charge in [-0.2, -0.15) is 0 Å². The normalized spacial score (nSPS) is 18.2. The molecule has 1 aromatic carbocycles. The molecule has 0 spiro atoms. The molecule has 0 aliphatic carbocycles. The van der Waals surface area contributed by atoms with E-state index in [4.69, 9.17) is 9.72 Å². The first-order chi connectivity index (χ1) is 13.4. The van der Waals surface area contributed by atoms with Gasteiger partial charge in [-0.05, 0) is 11.5 Å². The molecule has 6 nitrogen and oxygen atoms in total. The maximum Gasteiger partial charge on any atom is 0.186 e. The van der Waals surface area contributed by atoms with Crippen LogP contribution in [0, 0.1) is 0 Å². The zero-order chi connectivity index (χ0) is 18.1. The van der Waals surface area contributed by atoms with Gasteiger partial charge in [-0.15, -0.1) is 0 Å². The topological polar surface area (TPSA) is 53.5 Å². The second kappa shape index (κ2) is 7.42. The van der Waals surface area contributed by atoms with Gasteiger partial charge in [0.25, 0.3) is 0 Å². The largest absolute Gasteiger partial charge is 0.378 e. The number of anilines is 2. The quantitative estimate of drug-likeness (QED) is 0.753. The molecule has 2 fully saturated rings. The average Bonchev–Trinajstić information content (AvgIpc) is 3.25. The molecular weight excluding hydrogens is 358 g/mol. The van der Waals surface area contributed by atoms with Crippen molar-refractivity contribution in [2.75, 3.05) is 62.3 Å². The number of aromatic nitrogens is 2. The lowest BCUT2D eigenvalue weighted by atomic mass is 10.1. The van der Waals surface area contributed by atoms with Gasteiger partial charge in [-0.1, -0.05) is 35.6 Å². The Balaban J connectivity index is 1.54. The van der Waals surface area contributed by atoms with Gasteiger partial charge >= 0.3 is 0 Å². The average molecular weight is 382 g/mol. The smallest absolute Gasteiger partial charge is 0.186 e. The van der Waals surface area contributed by atoms with E-state index < -0.39 is 0 Å². The minimum Gasteiger partial charge on any atom is -0.378 e. The Morgan fingerprint density at radius 2 is 1.81 bits per heavy atom. The van der Waals surface area contributed by atoms with Gasteiger partial charge in [0.05, 0.1) is 23.8 Å². The van der Waals surface area contributed by atoms with E-state index in [1.165, 1.54) is 10.8 Å². The van der Waals surface area contributed by atoms with E-state index in [1.807, 2.05) is 6.20 Å². The molecule has 2 aromatic heterocycles. The summed E-state index contributed by atoms with van der Waals surface area (Å²) < 4.78 is 5.46. The molecule has 140 valence electrons. The van der Waals surface area contributed by atoms with Crippen LogP contribution in [0.2, 0.25) is 0 Å². The zero-order valence-electron chi connectivity index (χ0n) is 15.2.